The van der Waals surface area contributed by atoms with E-state index in [1.807, 2.05) is 11.3 Å². The third-order valence-electron chi connectivity index (χ3n) is 2.46. The van der Waals surface area contributed by atoms with Gasteiger partial charge >= 0.3 is 0 Å². The molecule has 0 spiro atoms. The van der Waals surface area contributed by atoms with Crippen molar-refractivity contribution in [3.63, 3.8) is 0 Å². The first-order valence-corrected chi connectivity index (χ1v) is 6.74. The number of hydrogen-bond acceptors (Lipinski definition) is 2. The third kappa shape index (κ3) is 2.44. The average Bonchev–Trinajstić information content (AvgIpc) is 2.85. The molecule has 0 saturated heterocycles. The van der Waals surface area contributed by atoms with Gasteiger partial charge in [0.15, 0.2) is 0 Å². The molecule has 1 nitrogen and oxygen atoms in total. The van der Waals surface area contributed by atoms with E-state index in [2.05, 4.69) is 46.3 Å². The number of hydrogen-bond donors (Lipinski definition) is 1. The van der Waals surface area contributed by atoms with Crippen molar-refractivity contribution in [3.05, 3.63) is 19.9 Å². The molecule has 1 aromatic heterocycles. The van der Waals surface area contributed by atoms with Gasteiger partial charge in [-0.2, -0.15) is 0 Å². The lowest BCUT2D eigenvalue weighted by molar-refractivity contribution is 0.497. The molecular weight excluding hydrogens is 293 g/mol. The molecule has 1 heterocycles. The highest BCUT2D eigenvalue weighted by molar-refractivity contribution is 14.1. The second kappa shape index (κ2) is 4.28. The van der Waals surface area contributed by atoms with Crippen LogP contribution in [-0.4, -0.2) is 6.54 Å². The van der Waals surface area contributed by atoms with Crippen molar-refractivity contribution in [2.75, 3.05) is 6.54 Å². The smallest absolute Gasteiger partial charge is 0.0656 e. The van der Waals surface area contributed by atoms with Gasteiger partial charge in [-0.05, 0) is 64.9 Å². The fourth-order valence-corrected chi connectivity index (χ4v) is 3.10. The highest BCUT2D eigenvalue weighted by atomic mass is 127. The minimum atomic E-state index is 0.629. The quantitative estimate of drug-likeness (QED) is 0.841. The Morgan fingerprint density at radius 1 is 1.69 bits per heavy atom. The SMILES string of the molecule is CCNC(c1csc(I)c1)C1CC1. The molecule has 1 aliphatic carbocycles. The number of nitrogens with one attached hydrogen (secondary N) is 1. The molecular formula is C10H14INS. The van der Waals surface area contributed by atoms with Crippen LogP contribution in [-0.2, 0) is 0 Å². The Balaban J connectivity index is 2.10. The largest absolute Gasteiger partial charge is 0.310 e. The summed E-state index contributed by atoms with van der Waals surface area (Å²) in [6.45, 7) is 3.26. The Kier molecular flexibility index (Phi) is 3.26. The van der Waals surface area contributed by atoms with Gasteiger partial charge in [0.25, 0.3) is 0 Å². The van der Waals surface area contributed by atoms with Gasteiger partial charge in [-0.15, -0.1) is 11.3 Å². The maximum absolute atomic E-state index is 3.58. The average molecular weight is 307 g/mol. The maximum atomic E-state index is 3.58. The first kappa shape index (κ1) is 9.93. The van der Waals surface area contributed by atoms with E-state index < -0.39 is 0 Å². The molecule has 1 saturated carbocycles. The van der Waals surface area contributed by atoms with Crippen LogP contribution in [0.3, 0.4) is 0 Å². The molecule has 3 heteroatoms. The monoisotopic (exact) mass is 307 g/mol. The molecule has 1 atom stereocenters. The molecule has 1 unspecified atom stereocenters. The van der Waals surface area contributed by atoms with E-state index >= 15 is 0 Å². The zero-order valence-electron chi connectivity index (χ0n) is 7.72. The van der Waals surface area contributed by atoms with Gasteiger partial charge < -0.3 is 5.32 Å². The van der Waals surface area contributed by atoms with E-state index in [0.717, 1.165) is 12.5 Å². The fraction of sp³-hybridized carbons (Fsp3) is 0.600. The molecule has 0 bridgehead atoms. The van der Waals surface area contributed by atoms with Crippen LogP contribution < -0.4 is 5.32 Å². The van der Waals surface area contributed by atoms with Crippen LogP contribution >= 0.6 is 33.9 Å². The predicted molar refractivity (Wildman–Crippen MR) is 66.2 cm³/mol. The van der Waals surface area contributed by atoms with Crippen LogP contribution in [0.15, 0.2) is 11.4 Å². The number of halogens is 1. The van der Waals surface area contributed by atoms with Crippen molar-refractivity contribution in [2.45, 2.75) is 25.8 Å². The Labute approximate surface area is 97.1 Å². The summed E-state index contributed by atoms with van der Waals surface area (Å²) in [5.74, 6) is 0.908. The molecule has 1 N–H and O–H groups in total. The zero-order valence-corrected chi connectivity index (χ0v) is 10.7. The molecule has 72 valence electrons. The fourth-order valence-electron chi connectivity index (χ4n) is 1.69. The lowest BCUT2D eigenvalue weighted by atomic mass is 10.1. The topological polar surface area (TPSA) is 12.0 Å². The summed E-state index contributed by atoms with van der Waals surface area (Å²) in [7, 11) is 0. The molecule has 1 aromatic rings. The molecule has 0 radical (unpaired) electrons. The van der Waals surface area contributed by atoms with E-state index in [4.69, 9.17) is 0 Å². The molecule has 1 aliphatic rings. The van der Waals surface area contributed by atoms with E-state index in [9.17, 15) is 0 Å². The Morgan fingerprint density at radius 3 is 2.92 bits per heavy atom. The highest BCUT2D eigenvalue weighted by Crippen LogP contribution is 2.42. The van der Waals surface area contributed by atoms with Crippen molar-refractivity contribution in [2.24, 2.45) is 5.92 Å². The summed E-state index contributed by atoms with van der Waals surface area (Å²) in [6.07, 6.45) is 2.81. The molecule has 13 heavy (non-hydrogen) atoms. The zero-order chi connectivity index (χ0) is 9.26. The summed E-state index contributed by atoms with van der Waals surface area (Å²) >= 11 is 4.25. The van der Waals surface area contributed by atoms with Gasteiger partial charge in [-0.3, -0.25) is 0 Å². The van der Waals surface area contributed by atoms with E-state index in [-0.39, 0.29) is 0 Å². The second-order valence-corrected chi connectivity index (χ2v) is 6.36. The number of rotatable bonds is 4. The minimum absolute atomic E-state index is 0.629. The van der Waals surface area contributed by atoms with Crippen molar-refractivity contribution < 1.29 is 0 Å². The van der Waals surface area contributed by atoms with Crippen molar-refractivity contribution in [1.82, 2.24) is 5.32 Å². The van der Waals surface area contributed by atoms with Crippen LogP contribution in [0, 0.1) is 8.80 Å². The lowest BCUT2D eigenvalue weighted by Crippen LogP contribution is -2.21. The predicted octanol–water partition coefficient (Wildman–Crippen LogP) is 3.41. The molecule has 1 fully saturated rings. The van der Waals surface area contributed by atoms with Gasteiger partial charge in [0.05, 0.1) is 2.88 Å². The highest BCUT2D eigenvalue weighted by Gasteiger charge is 2.31. The van der Waals surface area contributed by atoms with Gasteiger partial charge in [0.1, 0.15) is 0 Å². The van der Waals surface area contributed by atoms with Crippen LogP contribution in [0.4, 0.5) is 0 Å². The minimum Gasteiger partial charge on any atom is -0.310 e. The van der Waals surface area contributed by atoms with Crippen LogP contribution in [0.1, 0.15) is 31.4 Å². The van der Waals surface area contributed by atoms with E-state index in [1.54, 1.807) is 0 Å². The van der Waals surface area contributed by atoms with Gasteiger partial charge in [-0.1, -0.05) is 6.92 Å². The molecule has 0 aliphatic heterocycles. The number of thiophene rings is 1. The summed E-state index contributed by atoms with van der Waals surface area (Å²) in [5.41, 5.74) is 1.50. The molecule has 0 amide bonds. The summed E-state index contributed by atoms with van der Waals surface area (Å²) in [5, 5.41) is 5.88. The Bertz CT molecular complexity index is 280. The van der Waals surface area contributed by atoms with Gasteiger partial charge in [0.2, 0.25) is 0 Å². The van der Waals surface area contributed by atoms with Crippen LogP contribution in [0.2, 0.25) is 0 Å². The Hall–Kier alpha value is 0.390. The summed E-state index contributed by atoms with van der Waals surface area (Å²) < 4.78 is 1.40. The van der Waals surface area contributed by atoms with Gasteiger partial charge in [0, 0.05) is 6.04 Å². The first-order chi connectivity index (χ1) is 6.31. The van der Waals surface area contributed by atoms with Crippen LogP contribution in [0.25, 0.3) is 0 Å². The molecule has 0 aromatic carbocycles. The standard InChI is InChI=1S/C10H14INS/c1-2-12-10(7-3-4-7)8-5-9(11)13-6-8/h5-7,10,12H,2-4H2,1H3. The van der Waals surface area contributed by atoms with Crippen molar-refractivity contribution >= 4 is 33.9 Å². The van der Waals surface area contributed by atoms with Crippen LogP contribution in [0.5, 0.6) is 0 Å². The van der Waals surface area contributed by atoms with E-state index in [0.29, 0.717) is 6.04 Å². The normalized spacial score (nSPS) is 18.9. The summed E-state index contributed by atoms with van der Waals surface area (Å²) in [6, 6.07) is 2.95. The lowest BCUT2D eigenvalue weighted by Gasteiger charge is -2.15. The summed E-state index contributed by atoms with van der Waals surface area (Å²) in [4.78, 5) is 0. The second-order valence-electron chi connectivity index (χ2n) is 3.56. The Morgan fingerprint density at radius 2 is 2.46 bits per heavy atom. The van der Waals surface area contributed by atoms with E-state index in [1.165, 1.54) is 21.3 Å². The maximum Gasteiger partial charge on any atom is 0.0656 e. The van der Waals surface area contributed by atoms with Crippen molar-refractivity contribution in [3.8, 4) is 0 Å². The van der Waals surface area contributed by atoms with Gasteiger partial charge in [-0.25, -0.2) is 0 Å². The first-order valence-electron chi connectivity index (χ1n) is 4.78. The molecule has 2 rings (SSSR count). The van der Waals surface area contributed by atoms with Crippen molar-refractivity contribution in [1.29, 1.82) is 0 Å². The third-order valence-corrected chi connectivity index (χ3v) is 4.27.